The predicted octanol–water partition coefficient (Wildman–Crippen LogP) is 0.857. The van der Waals surface area contributed by atoms with Crippen molar-refractivity contribution >= 4 is 17.7 Å². The van der Waals surface area contributed by atoms with Gasteiger partial charge in [0.05, 0.1) is 17.3 Å². The SMILES string of the molecule is CC(=O)[C@]12C=C[C@@H](CC1)[C@H]1C(=O)OC(=O)[C@H]12. The molecule has 0 radical (unpaired) electrons. The minimum Gasteiger partial charge on any atom is -0.393 e. The van der Waals surface area contributed by atoms with Gasteiger partial charge < -0.3 is 4.74 Å². The van der Waals surface area contributed by atoms with E-state index in [9.17, 15) is 14.4 Å². The Labute approximate surface area is 92.6 Å². The lowest BCUT2D eigenvalue weighted by Crippen LogP contribution is -2.50. The molecule has 1 heterocycles. The molecule has 3 aliphatic carbocycles. The summed E-state index contributed by atoms with van der Waals surface area (Å²) in [7, 11) is 0. The third kappa shape index (κ3) is 0.925. The molecule has 4 rings (SSSR count). The molecule has 0 N–H and O–H groups in total. The van der Waals surface area contributed by atoms with Crippen molar-refractivity contribution in [3.63, 3.8) is 0 Å². The van der Waals surface area contributed by atoms with Crippen molar-refractivity contribution in [1.29, 1.82) is 0 Å². The van der Waals surface area contributed by atoms with Gasteiger partial charge in [0.2, 0.25) is 0 Å². The van der Waals surface area contributed by atoms with Gasteiger partial charge in [-0.1, -0.05) is 12.2 Å². The Balaban J connectivity index is 2.16. The molecular formula is C12H12O4. The third-order valence-electron chi connectivity index (χ3n) is 4.29. The Morgan fingerprint density at radius 3 is 2.75 bits per heavy atom. The number of fused-ring (bicyclic) bond motifs is 1. The molecule has 4 heteroatoms. The maximum Gasteiger partial charge on any atom is 0.318 e. The van der Waals surface area contributed by atoms with E-state index < -0.39 is 29.2 Å². The molecule has 0 unspecified atom stereocenters. The van der Waals surface area contributed by atoms with Crippen LogP contribution < -0.4 is 0 Å². The average Bonchev–Trinajstić information content (AvgIpc) is 2.58. The number of hydrogen-bond acceptors (Lipinski definition) is 4. The quantitative estimate of drug-likeness (QED) is 0.373. The van der Waals surface area contributed by atoms with Crippen molar-refractivity contribution in [1.82, 2.24) is 0 Å². The van der Waals surface area contributed by atoms with Crippen LogP contribution in [0.5, 0.6) is 0 Å². The molecule has 1 saturated carbocycles. The van der Waals surface area contributed by atoms with E-state index in [1.165, 1.54) is 6.92 Å². The second kappa shape index (κ2) is 2.81. The van der Waals surface area contributed by atoms with Gasteiger partial charge in [-0.15, -0.1) is 0 Å². The first-order valence-corrected chi connectivity index (χ1v) is 5.52. The summed E-state index contributed by atoms with van der Waals surface area (Å²) in [6, 6.07) is 0. The Morgan fingerprint density at radius 1 is 1.44 bits per heavy atom. The van der Waals surface area contributed by atoms with Gasteiger partial charge in [0.15, 0.2) is 0 Å². The van der Waals surface area contributed by atoms with Gasteiger partial charge in [-0.05, 0) is 25.7 Å². The van der Waals surface area contributed by atoms with Crippen LogP contribution in [0.4, 0.5) is 0 Å². The Hall–Kier alpha value is -1.45. The fourth-order valence-corrected chi connectivity index (χ4v) is 3.42. The van der Waals surface area contributed by atoms with E-state index in [1.54, 1.807) is 0 Å². The summed E-state index contributed by atoms with van der Waals surface area (Å²) in [5.41, 5.74) is -0.775. The molecule has 4 aliphatic rings. The highest BCUT2D eigenvalue weighted by Gasteiger charge is 2.63. The molecule has 4 atom stereocenters. The monoisotopic (exact) mass is 220 g/mol. The van der Waals surface area contributed by atoms with Crippen LogP contribution in [0.15, 0.2) is 12.2 Å². The van der Waals surface area contributed by atoms with E-state index in [0.29, 0.717) is 6.42 Å². The van der Waals surface area contributed by atoms with Crippen LogP contribution >= 0.6 is 0 Å². The van der Waals surface area contributed by atoms with Gasteiger partial charge >= 0.3 is 11.9 Å². The highest BCUT2D eigenvalue weighted by Crippen LogP contribution is 2.56. The molecule has 1 aliphatic heterocycles. The topological polar surface area (TPSA) is 60.4 Å². The first-order valence-electron chi connectivity index (χ1n) is 5.52. The number of cyclic esters (lactones) is 2. The number of rotatable bonds is 1. The summed E-state index contributed by atoms with van der Waals surface area (Å²) in [6.07, 6.45) is 5.18. The van der Waals surface area contributed by atoms with E-state index in [4.69, 9.17) is 4.74 Å². The lowest BCUT2D eigenvalue weighted by Gasteiger charge is -2.45. The van der Waals surface area contributed by atoms with Crippen molar-refractivity contribution in [3.8, 4) is 0 Å². The molecule has 2 bridgehead atoms. The highest BCUT2D eigenvalue weighted by molar-refractivity contribution is 6.02. The molecular weight excluding hydrogens is 208 g/mol. The Bertz CT molecular complexity index is 436. The van der Waals surface area contributed by atoms with Crippen LogP contribution in [-0.2, 0) is 19.1 Å². The van der Waals surface area contributed by atoms with Crippen molar-refractivity contribution in [2.75, 3.05) is 0 Å². The Kier molecular flexibility index (Phi) is 1.71. The van der Waals surface area contributed by atoms with Crippen molar-refractivity contribution in [2.45, 2.75) is 19.8 Å². The number of esters is 2. The molecule has 2 fully saturated rings. The fraction of sp³-hybridized carbons (Fsp3) is 0.583. The lowest BCUT2D eigenvalue weighted by molar-refractivity contribution is -0.155. The van der Waals surface area contributed by atoms with Crippen LogP contribution in [-0.4, -0.2) is 17.7 Å². The zero-order valence-corrected chi connectivity index (χ0v) is 8.93. The zero-order valence-electron chi connectivity index (χ0n) is 8.93. The first-order chi connectivity index (χ1) is 7.56. The van der Waals surface area contributed by atoms with Gasteiger partial charge in [0.1, 0.15) is 5.78 Å². The summed E-state index contributed by atoms with van der Waals surface area (Å²) < 4.78 is 4.69. The van der Waals surface area contributed by atoms with E-state index in [2.05, 4.69) is 0 Å². The second-order valence-electron chi connectivity index (χ2n) is 4.90. The minimum atomic E-state index is -0.775. The fourth-order valence-electron chi connectivity index (χ4n) is 3.42. The van der Waals surface area contributed by atoms with Crippen molar-refractivity contribution in [3.05, 3.63) is 12.2 Å². The van der Waals surface area contributed by atoms with Gasteiger partial charge in [-0.25, -0.2) is 0 Å². The van der Waals surface area contributed by atoms with Gasteiger partial charge in [0.25, 0.3) is 0 Å². The lowest BCUT2D eigenvalue weighted by atomic mass is 9.53. The standard InChI is InChI=1S/C12H12O4/c1-6(13)12-4-2-7(3-5-12)8-9(12)11(15)16-10(8)14/h2,4,7-9H,3,5H2,1H3/t7-,8+,9-,12-/m0/s1. The van der Waals surface area contributed by atoms with E-state index in [0.717, 1.165) is 6.42 Å². The molecule has 0 aromatic carbocycles. The normalized spacial score (nSPS) is 44.4. The molecule has 0 amide bonds. The largest absolute Gasteiger partial charge is 0.393 e. The number of ether oxygens (including phenoxy) is 1. The van der Waals surface area contributed by atoms with E-state index in [-0.39, 0.29) is 11.7 Å². The highest BCUT2D eigenvalue weighted by atomic mass is 16.6. The smallest absolute Gasteiger partial charge is 0.318 e. The van der Waals surface area contributed by atoms with E-state index in [1.807, 2.05) is 12.2 Å². The minimum absolute atomic E-state index is 0.0384. The summed E-state index contributed by atoms with van der Waals surface area (Å²) >= 11 is 0. The second-order valence-corrected chi connectivity index (χ2v) is 4.90. The first kappa shape index (κ1) is 9.75. The Morgan fingerprint density at radius 2 is 2.19 bits per heavy atom. The molecule has 0 aromatic rings. The summed E-state index contributed by atoms with van der Waals surface area (Å²) in [4.78, 5) is 35.1. The van der Waals surface area contributed by atoms with Crippen LogP contribution in [0.25, 0.3) is 0 Å². The summed E-state index contributed by atoms with van der Waals surface area (Å²) in [6.45, 7) is 1.49. The number of carbonyl (C=O) groups excluding carboxylic acids is 3. The van der Waals surface area contributed by atoms with Gasteiger partial charge in [0, 0.05) is 0 Å². The van der Waals surface area contributed by atoms with Crippen LogP contribution in [0.1, 0.15) is 19.8 Å². The van der Waals surface area contributed by atoms with Gasteiger partial charge in [-0.2, -0.15) is 0 Å². The number of Topliss-reactive ketones (excluding diaryl/α,β-unsaturated/α-hetero) is 1. The summed E-state index contributed by atoms with van der Waals surface area (Å²) in [5, 5.41) is 0. The van der Waals surface area contributed by atoms with E-state index >= 15 is 0 Å². The van der Waals surface area contributed by atoms with Crippen LogP contribution in [0.3, 0.4) is 0 Å². The van der Waals surface area contributed by atoms with Gasteiger partial charge in [-0.3, -0.25) is 14.4 Å². The maximum absolute atomic E-state index is 11.8. The average molecular weight is 220 g/mol. The zero-order chi connectivity index (χ0) is 11.5. The number of ketones is 1. The molecule has 0 aromatic heterocycles. The van der Waals surface area contributed by atoms with Crippen LogP contribution in [0.2, 0.25) is 0 Å². The molecule has 1 saturated heterocycles. The molecule has 84 valence electrons. The predicted molar refractivity (Wildman–Crippen MR) is 53.1 cm³/mol. The summed E-state index contributed by atoms with van der Waals surface area (Å²) in [5.74, 6) is -1.92. The molecule has 0 spiro atoms. The molecule has 4 nitrogen and oxygen atoms in total. The van der Waals surface area contributed by atoms with Crippen molar-refractivity contribution in [2.24, 2.45) is 23.2 Å². The number of allylic oxidation sites excluding steroid dienone is 2. The number of hydrogen-bond donors (Lipinski definition) is 0. The maximum atomic E-state index is 11.8. The number of carbonyl (C=O) groups is 3. The van der Waals surface area contributed by atoms with Crippen LogP contribution in [0, 0.1) is 23.2 Å². The van der Waals surface area contributed by atoms with Crippen molar-refractivity contribution < 1.29 is 19.1 Å². The third-order valence-corrected chi connectivity index (χ3v) is 4.29. The molecule has 16 heavy (non-hydrogen) atoms.